The quantitative estimate of drug-likeness (QED) is 0.632. The third kappa shape index (κ3) is 2.23. The van der Waals surface area contributed by atoms with Crippen molar-refractivity contribution in [1.29, 1.82) is 21.0 Å². The summed E-state index contributed by atoms with van der Waals surface area (Å²) in [6.07, 6.45) is 6.52. The Morgan fingerprint density at radius 3 is 1.88 bits per heavy atom. The zero-order valence-corrected chi connectivity index (χ0v) is 9.18. The number of rotatable bonds is 1. The van der Waals surface area contributed by atoms with Crippen molar-refractivity contribution in [3.63, 3.8) is 0 Å². The number of nitriles is 4. The molecule has 80 valence electrons. The van der Waals surface area contributed by atoms with E-state index in [4.69, 9.17) is 21.0 Å². The molecule has 0 heterocycles. The molecule has 1 aliphatic rings. The summed E-state index contributed by atoms with van der Waals surface area (Å²) in [6, 6.07) is 7.50. The van der Waals surface area contributed by atoms with E-state index in [0.717, 1.165) is 0 Å². The lowest BCUT2D eigenvalue weighted by molar-refractivity contribution is 0.489. The smallest absolute Gasteiger partial charge is 0.150 e. The van der Waals surface area contributed by atoms with Gasteiger partial charge in [-0.2, -0.15) is 21.0 Å². The monoisotopic (exact) mass is 220 g/mol. The van der Waals surface area contributed by atoms with Gasteiger partial charge in [-0.3, -0.25) is 0 Å². The molecule has 0 aromatic heterocycles. The van der Waals surface area contributed by atoms with E-state index in [1.165, 1.54) is 0 Å². The SMILES string of the molecule is CC(C#N)(C#N)C1C=CC(=C(C#N)C#N)C=C1. The third-order valence-electron chi connectivity index (χ3n) is 2.61. The first-order valence-electron chi connectivity index (χ1n) is 4.84. The maximum absolute atomic E-state index is 8.95. The van der Waals surface area contributed by atoms with E-state index < -0.39 is 5.41 Å². The van der Waals surface area contributed by atoms with Crippen molar-refractivity contribution in [3.05, 3.63) is 35.5 Å². The Hall–Kier alpha value is -2.82. The molecule has 0 saturated carbocycles. The van der Waals surface area contributed by atoms with Gasteiger partial charge in [-0.1, -0.05) is 24.3 Å². The predicted molar refractivity (Wildman–Crippen MR) is 59.4 cm³/mol. The molecule has 0 aliphatic heterocycles. The van der Waals surface area contributed by atoms with Crippen LogP contribution in [0.2, 0.25) is 0 Å². The van der Waals surface area contributed by atoms with Crippen LogP contribution in [0.25, 0.3) is 0 Å². The van der Waals surface area contributed by atoms with Crippen molar-refractivity contribution in [1.82, 2.24) is 0 Å². The predicted octanol–water partition coefficient (Wildman–Crippen LogP) is 2.13. The zero-order valence-electron chi connectivity index (χ0n) is 9.18. The summed E-state index contributed by atoms with van der Waals surface area (Å²) in [6.45, 7) is 1.55. The summed E-state index contributed by atoms with van der Waals surface area (Å²) < 4.78 is 0. The Bertz CT molecular complexity index is 533. The second-order valence-electron chi connectivity index (χ2n) is 3.72. The first-order valence-corrected chi connectivity index (χ1v) is 4.84. The second kappa shape index (κ2) is 4.80. The Kier molecular flexibility index (Phi) is 3.46. The Morgan fingerprint density at radius 2 is 1.53 bits per heavy atom. The lowest BCUT2D eigenvalue weighted by Gasteiger charge is -2.21. The minimum atomic E-state index is -1.13. The molecule has 0 unspecified atom stereocenters. The first kappa shape index (κ1) is 12.3. The molecule has 0 fully saturated rings. The van der Waals surface area contributed by atoms with Gasteiger partial charge in [0.25, 0.3) is 0 Å². The average molecular weight is 220 g/mol. The lowest BCUT2D eigenvalue weighted by atomic mass is 9.77. The van der Waals surface area contributed by atoms with Crippen molar-refractivity contribution in [2.45, 2.75) is 6.92 Å². The summed E-state index contributed by atoms with van der Waals surface area (Å²) in [5, 5.41) is 35.3. The van der Waals surface area contributed by atoms with Crippen LogP contribution >= 0.6 is 0 Å². The fourth-order valence-electron chi connectivity index (χ4n) is 1.41. The molecule has 0 aromatic carbocycles. The van der Waals surface area contributed by atoms with Crippen LogP contribution < -0.4 is 0 Å². The summed E-state index contributed by atoms with van der Waals surface area (Å²) in [4.78, 5) is 0. The van der Waals surface area contributed by atoms with Crippen LogP contribution in [0, 0.1) is 56.7 Å². The fraction of sp³-hybridized carbons (Fsp3) is 0.231. The number of hydrogen-bond acceptors (Lipinski definition) is 4. The van der Waals surface area contributed by atoms with Gasteiger partial charge in [0.1, 0.15) is 17.7 Å². The first-order chi connectivity index (χ1) is 8.11. The zero-order chi connectivity index (χ0) is 12.9. The lowest BCUT2D eigenvalue weighted by Crippen LogP contribution is -2.21. The molecule has 0 atom stereocenters. The normalized spacial score (nSPS) is 17.5. The van der Waals surface area contributed by atoms with E-state index in [-0.39, 0.29) is 11.5 Å². The van der Waals surface area contributed by atoms with Gasteiger partial charge in [0.15, 0.2) is 5.41 Å². The average Bonchev–Trinajstić information content (AvgIpc) is 2.40. The molecule has 0 saturated heterocycles. The minimum Gasteiger partial charge on any atom is -0.197 e. The highest BCUT2D eigenvalue weighted by Gasteiger charge is 2.32. The highest BCUT2D eigenvalue weighted by Crippen LogP contribution is 2.31. The van der Waals surface area contributed by atoms with E-state index in [9.17, 15) is 0 Å². The molecule has 0 bridgehead atoms. The van der Waals surface area contributed by atoms with Crippen molar-refractivity contribution in [3.8, 4) is 24.3 Å². The molecule has 0 spiro atoms. The molecule has 0 amide bonds. The topological polar surface area (TPSA) is 95.2 Å². The third-order valence-corrected chi connectivity index (χ3v) is 2.61. The minimum absolute atomic E-state index is 0.0200. The highest BCUT2D eigenvalue weighted by molar-refractivity contribution is 5.52. The molecule has 1 rings (SSSR count). The van der Waals surface area contributed by atoms with Crippen molar-refractivity contribution >= 4 is 0 Å². The molecular formula is C13H8N4. The molecule has 0 N–H and O–H groups in total. The largest absolute Gasteiger partial charge is 0.197 e. The van der Waals surface area contributed by atoms with Crippen LogP contribution in [-0.4, -0.2) is 0 Å². The van der Waals surface area contributed by atoms with Crippen molar-refractivity contribution in [2.24, 2.45) is 11.3 Å². The van der Waals surface area contributed by atoms with Crippen LogP contribution in [0.5, 0.6) is 0 Å². The van der Waals surface area contributed by atoms with Crippen molar-refractivity contribution < 1.29 is 0 Å². The van der Waals surface area contributed by atoms with Crippen LogP contribution in [0.1, 0.15) is 6.92 Å². The van der Waals surface area contributed by atoms with Gasteiger partial charge >= 0.3 is 0 Å². The summed E-state index contributed by atoms with van der Waals surface area (Å²) >= 11 is 0. The molecule has 1 aliphatic carbocycles. The maximum atomic E-state index is 8.95. The van der Waals surface area contributed by atoms with Gasteiger partial charge in [0.05, 0.1) is 12.1 Å². The Morgan fingerprint density at radius 1 is 1.06 bits per heavy atom. The molecular weight excluding hydrogens is 212 g/mol. The van der Waals surface area contributed by atoms with Crippen LogP contribution in [-0.2, 0) is 0 Å². The highest BCUT2D eigenvalue weighted by atomic mass is 14.4. The van der Waals surface area contributed by atoms with Gasteiger partial charge < -0.3 is 0 Å². The standard InChI is InChI=1S/C13H8N4/c1-13(8-16,9-17)12-4-2-10(3-5-12)11(6-14)7-15/h2-5,12H,1H3. The van der Waals surface area contributed by atoms with E-state index in [0.29, 0.717) is 5.57 Å². The van der Waals surface area contributed by atoms with E-state index in [2.05, 4.69) is 0 Å². The molecule has 0 aromatic rings. The Labute approximate surface area is 99.6 Å². The molecule has 0 radical (unpaired) electrons. The number of hydrogen-bond donors (Lipinski definition) is 0. The van der Waals surface area contributed by atoms with Gasteiger partial charge in [-0.05, 0) is 6.92 Å². The molecule has 17 heavy (non-hydrogen) atoms. The van der Waals surface area contributed by atoms with Gasteiger partial charge in [0.2, 0.25) is 0 Å². The van der Waals surface area contributed by atoms with Gasteiger partial charge in [-0.15, -0.1) is 0 Å². The van der Waals surface area contributed by atoms with Crippen LogP contribution in [0.15, 0.2) is 35.5 Å². The van der Waals surface area contributed by atoms with E-state index >= 15 is 0 Å². The fourth-order valence-corrected chi connectivity index (χ4v) is 1.41. The molecule has 4 nitrogen and oxygen atoms in total. The summed E-state index contributed by atoms with van der Waals surface area (Å²) in [5.74, 6) is -0.333. The molecule has 4 heteroatoms. The number of nitrogens with zero attached hydrogens (tertiary/aromatic N) is 4. The van der Waals surface area contributed by atoms with E-state index in [1.807, 2.05) is 12.1 Å². The van der Waals surface area contributed by atoms with Crippen molar-refractivity contribution in [2.75, 3.05) is 0 Å². The summed E-state index contributed by atoms with van der Waals surface area (Å²) in [5.41, 5.74) is -0.603. The Balaban J connectivity index is 3.09. The second-order valence-corrected chi connectivity index (χ2v) is 3.72. The van der Waals surface area contributed by atoms with Crippen LogP contribution in [0.4, 0.5) is 0 Å². The summed E-state index contributed by atoms with van der Waals surface area (Å²) in [7, 11) is 0. The van der Waals surface area contributed by atoms with Crippen LogP contribution in [0.3, 0.4) is 0 Å². The number of allylic oxidation sites excluding steroid dienone is 6. The van der Waals surface area contributed by atoms with E-state index in [1.54, 1.807) is 43.4 Å². The maximum Gasteiger partial charge on any atom is 0.150 e. The van der Waals surface area contributed by atoms with Gasteiger partial charge in [0, 0.05) is 11.5 Å². The van der Waals surface area contributed by atoms with Gasteiger partial charge in [-0.25, -0.2) is 0 Å².